The molecule has 1 aromatic rings. The van der Waals surface area contributed by atoms with E-state index >= 15 is 0 Å². The minimum absolute atomic E-state index is 0.0907. The second-order valence-corrected chi connectivity index (χ2v) is 7.61. The first kappa shape index (κ1) is 26.2. The molecule has 5 nitrogen and oxygen atoms in total. The Morgan fingerprint density at radius 2 is 1.12 bits per heavy atom. The van der Waals surface area contributed by atoms with Gasteiger partial charge in [0.15, 0.2) is 0 Å². The number of carbonyl (C=O) groups is 2. The Hall–Kier alpha value is -2.07. The summed E-state index contributed by atoms with van der Waals surface area (Å²) in [5.74, 6) is -13.7. The number of ketones is 1. The van der Waals surface area contributed by atoms with Gasteiger partial charge in [0.2, 0.25) is 34.8 Å². The highest BCUT2D eigenvalue weighted by Gasteiger charge is 2.28. The van der Waals surface area contributed by atoms with E-state index in [9.17, 15) is 31.5 Å². The Morgan fingerprint density at radius 3 is 1.69 bits per heavy atom. The van der Waals surface area contributed by atoms with Crippen LogP contribution >= 0.6 is 0 Å². The average molecular weight is 466 g/mol. The standard InChI is InChI=1S/C22H27F5O5/c23-17-18(24)20(26)22(21(27)19(17)25)32-16(29)9-11-31-13-12-30-10-8-15(28)14-6-4-2-1-3-5-7-14/h14H,1-13H2. The van der Waals surface area contributed by atoms with Gasteiger partial charge in [-0.15, -0.1) is 0 Å². The fraction of sp³-hybridized carbons (Fsp3) is 0.636. The van der Waals surface area contributed by atoms with Gasteiger partial charge >= 0.3 is 5.97 Å². The fourth-order valence-electron chi connectivity index (χ4n) is 3.47. The molecule has 1 aromatic carbocycles. The van der Waals surface area contributed by atoms with E-state index in [0.717, 1.165) is 25.7 Å². The topological polar surface area (TPSA) is 61.8 Å². The zero-order valence-corrected chi connectivity index (χ0v) is 17.7. The molecule has 1 aliphatic rings. The molecule has 0 N–H and O–H groups in total. The molecule has 0 aromatic heterocycles. The lowest BCUT2D eigenvalue weighted by atomic mass is 9.87. The molecular formula is C22H27F5O5. The van der Waals surface area contributed by atoms with E-state index < -0.39 is 47.2 Å². The molecule has 0 aliphatic heterocycles. The van der Waals surface area contributed by atoms with Crippen LogP contribution < -0.4 is 4.74 Å². The largest absolute Gasteiger partial charge is 0.420 e. The molecule has 10 heteroatoms. The molecule has 0 spiro atoms. The number of hydrogen-bond donors (Lipinski definition) is 0. The Bertz CT molecular complexity index is 749. The monoisotopic (exact) mass is 466 g/mol. The van der Waals surface area contributed by atoms with Gasteiger partial charge < -0.3 is 14.2 Å². The van der Waals surface area contributed by atoms with E-state index in [1.165, 1.54) is 19.3 Å². The molecule has 1 aliphatic carbocycles. The van der Waals surface area contributed by atoms with E-state index in [-0.39, 0.29) is 38.1 Å². The number of carbonyl (C=O) groups excluding carboxylic acids is 2. The lowest BCUT2D eigenvalue weighted by molar-refractivity contribution is -0.136. The third-order valence-electron chi connectivity index (χ3n) is 5.26. The van der Waals surface area contributed by atoms with Gasteiger partial charge in [-0.1, -0.05) is 32.1 Å². The smallest absolute Gasteiger partial charge is 0.313 e. The molecule has 0 unspecified atom stereocenters. The number of hydrogen-bond acceptors (Lipinski definition) is 5. The van der Waals surface area contributed by atoms with Crippen LogP contribution in [0.4, 0.5) is 22.0 Å². The van der Waals surface area contributed by atoms with Crippen molar-refractivity contribution >= 4 is 11.8 Å². The van der Waals surface area contributed by atoms with E-state index in [2.05, 4.69) is 4.74 Å². The number of Topliss-reactive ketones (excluding diaryl/α,β-unsaturated/α-hetero) is 1. The molecule has 0 heterocycles. The molecule has 0 saturated heterocycles. The Balaban J connectivity index is 1.58. The zero-order valence-electron chi connectivity index (χ0n) is 17.7. The van der Waals surface area contributed by atoms with Crippen molar-refractivity contribution in [1.29, 1.82) is 0 Å². The van der Waals surface area contributed by atoms with Gasteiger partial charge in [-0.25, -0.2) is 13.2 Å². The van der Waals surface area contributed by atoms with Gasteiger partial charge in [-0.3, -0.25) is 9.59 Å². The SMILES string of the molecule is O=C(CCOCCOCCC(=O)C1CCCCCCC1)Oc1c(F)c(F)c(F)c(F)c1F. The highest BCUT2D eigenvalue weighted by Crippen LogP contribution is 2.29. The summed E-state index contributed by atoms with van der Waals surface area (Å²) in [4.78, 5) is 23.8. The van der Waals surface area contributed by atoms with Gasteiger partial charge in [0.25, 0.3) is 0 Å². The summed E-state index contributed by atoms with van der Waals surface area (Å²) in [6.07, 6.45) is 7.47. The molecule has 2 rings (SSSR count). The molecular weight excluding hydrogens is 439 g/mol. The van der Waals surface area contributed by atoms with E-state index in [0.29, 0.717) is 6.42 Å². The van der Waals surface area contributed by atoms with Crippen LogP contribution in [0, 0.1) is 35.0 Å². The summed E-state index contributed by atoms with van der Waals surface area (Å²) in [6.45, 7) is 0.317. The van der Waals surface area contributed by atoms with Crippen LogP contribution in [0.2, 0.25) is 0 Å². The molecule has 0 bridgehead atoms. The minimum atomic E-state index is -2.34. The van der Waals surface area contributed by atoms with E-state index in [1.807, 2.05) is 0 Å². The zero-order chi connectivity index (χ0) is 23.5. The van der Waals surface area contributed by atoms with E-state index in [1.54, 1.807) is 0 Å². The number of ether oxygens (including phenoxy) is 3. The lowest BCUT2D eigenvalue weighted by Crippen LogP contribution is -2.18. The number of halogens is 5. The molecule has 32 heavy (non-hydrogen) atoms. The highest BCUT2D eigenvalue weighted by molar-refractivity contribution is 5.81. The van der Waals surface area contributed by atoms with Crippen LogP contribution in [0.3, 0.4) is 0 Å². The first-order valence-corrected chi connectivity index (χ1v) is 10.7. The molecule has 0 radical (unpaired) electrons. The van der Waals surface area contributed by atoms with Crippen LogP contribution in [-0.2, 0) is 19.1 Å². The maximum Gasteiger partial charge on any atom is 0.313 e. The summed E-state index contributed by atoms with van der Waals surface area (Å²) < 4.78 is 80.8. The van der Waals surface area contributed by atoms with Crippen LogP contribution in [0.1, 0.15) is 57.8 Å². The first-order chi connectivity index (χ1) is 15.3. The summed E-state index contributed by atoms with van der Waals surface area (Å²) in [5.41, 5.74) is 0. The van der Waals surface area contributed by atoms with Crippen molar-refractivity contribution in [1.82, 2.24) is 0 Å². The number of benzene rings is 1. The number of esters is 1. The molecule has 1 saturated carbocycles. The summed E-state index contributed by atoms with van der Waals surface area (Å²) >= 11 is 0. The summed E-state index contributed by atoms with van der Waals surface area (Å²) in [7, 11) is 0. The van der Waals surface area contributed by atoms with Crippen molar-refractivity contribution in [3.63, 3.8) is 0 Å². The molecule has 0 atom stereocenters. The normalized spacial score (nSPS) is 15.3. The van der Waals surface area contributed by atoms with Crippen molar-refractivity contribution < 1.29 is 45.8 Å². The second kappa shape index (κ2) is 13.5. The Morgan fingerprint density at radius 1 is 0.656 bits per heavy atom. The highest BCUT2D eigenvalue weighted by atomic mass is 19.2. The third kappa shape index (κ3) is 7.81. The fourth-order valence-corrected chi connectivity index (χ4v) is 3.47. The van der Waals surface area contributed by atoms with Crippen LogP contribution in [0.5, 0.6) is 5.75 Å². The van der Waals surface area contributed by atoms with Crippen molar-refractivity contribution in [3.05, 3.63) is 29.1 Å². The van der Waals surface area contributed by atoms with Crippen LogP contribution in [0.15, 0.2) is 0 Å². The van der Waals surface area contributed by atoms with Crippen LogP contribution in [-0.4, -0.2) is 38.2 Å². The van der Waals surface area contributed by atoms with E-state index in [4.69, 9.17) is 9.47 Å². The second-order valence-electron chi connectivity index (χ2n) is 7.61. The number of rotatable bonds is 11. The van der Waals surface area contributed by atoms with Gasteiger partial charge in [-0.2, -0.15) is 8.78 Å². The lowest BCUT2D eigenvalue weighted by Gasteiger charge is -2.18. The Kier molecular flexibility index (Phi) is 11.0. The van der Waals surface area contributed by atoms with Gasteiger partial charge in [-0.05, 0) is 12.8 Å². The van der Waals surface area contributed by atoms with Crippen LogP contribution in [0.25, 0.3) is 0 Å². The Labute approximate surface area is 183 Å². The van der Waals surface area contributed by atoms with Crippen molar-refractivity contribution in [2.45, 2.75) is 57.8 Å². The maximum atomic E-state index is 13.5. The predicted octanol–water partition coefficient (Wildman–Crippen LogP) is 5.03. The molecule has 1 fully saturated rings. The van der Waals surface area contributed by atoms with Crippen molar-refractivity contribution in [2.75, 3.05) is 26.4 Å². The van der Waals surface area contributed by atoms with Gasteiger partial charge in [0.1, 0.15) is 5.78 Å². The minimum Gasteiger partial charge on any atom is -0.420 e. The average Bonchev–Trinajstić information content (AvgIpc) is 2.75. The quantitative estimate of drug-likeness (QED) is 0.114. The third-order valence-corrected chi connectivity index (χ3v) is 5.26. The summed E-state index contributed by atoms with van der Waals surface area (Å²) in [6, 6.07) is 0. The van der Waals surface area contributed by atoms with Crippen molar-refractivity contribution in [2.24, 2.45) is 5.92 Å². The first-order valence-electron chi connectivity index (χ1n) is 10.7. The predicted molar refractivity (Wildman–Crippen MR) is 104 cm³/mol. The maximum absolute atomic E-state index is 13.5. The summed E-state index contributed by atoms with van der Waals surface area (Å²) in [5, 5.41) is 0. The van der Waals surface area contributed by atoms with Gasteiger partial charge in [0.05, 0.1) is 32.8 Å². The van der Waals surface area contributed by atoms with Gasteiger partial charge in [0, 0.05) is 12.3 Å². The molecule has 0 amide bonds. The van der Waals surface area contributed by atoms with Crippen molar-refractivity contribution in [3.8, 4) is 5.75 Å². The molecule has 180 valence electrons.